The van der Waals surface area contributed by atoms with Crippen molar-refractivity contribution in [2.75, 3.05) is 13.2 Å². The minimum atomic E-state index is 0.129. The molecule has 0 aliphatic carbocycles. The van der Waals surface area contributed by atoms with Gasteiger partial charge >= 0.3 is 0 Å². The summed E-state index contributed by atoms with van der Waals surface area (Å²) >= 11 is 0. The summed E-state index contributed by atoms with van der Waals surface area (Å²) in [6.07, 6.45) is 5.20. The van der Waals surface area contributed by atoms with E-state index in [1.165, 1.54) is 11.1 Å². The molecule has 0 bridgehead atoms. The summed E-state index contributed by atoms with van der Waals surface area (Å²) in [4.78, 5) is 0. The van der Waals surface area contributed by atoms with Gasteiger partial charge in [0.2, 0.25) is 0 Å². The van der Waals surface area contributed by atoms with Crippen molar-refractivity contribution in [2.45, 2.75) is 39.5 Å². The van der Waals surface area contributed by atoms with Gasteiger partial charge in [-0.05, 0) is 31.9 Å². The van der Waals surface area contributed by atoms with E-state index in [4.69, 9.17) is 10.00 Å². The van der Waals surface area contributed by atoms with Gasteiger partial charge < -0.3 is 14.6 Å². The van der Waals surface area contributed by atoms with Crippen LogP contribution in [0.25, 0.3) is 0 Å². The molecule has 0 unspecified atom stereocenters. The third-order valence-electron chi connectivity index (χ3n) is 5.00. The second-order valence-corrected chi connectivity index (χ2v) is 6.41. The largest absolute Gasteiger partial charge is 0.373 e. The number of hydrogen-bond acceptors (Lipinski definition) is 4. The number of nitriles is 1. The van der Waals surface area contributed by atoms with Gasteiger partial charge in [-0.2, -0.15) is 10.4 Å². The van der Waals surface area contributed by atoms with Crippen molar-refractivity contribution in [2.24, 2.45) is 13.0 Å². The van der Waals surface area contributed by atoms with Crippen LogP contribution < -0.4 is 5.32 Å². The van der Waals surface area contributed by atoms with Crippen LogP contribution in [-0.2, 0) is 24.9 Å². The minimum absolute atomic E-state index is 0.129. The molecule has 0 spiro atoms. The van der Waals surface area contributed by atoms with Crippen LogP contribution in [0.3, 0.4) is 0 Å². The van der Waals surface area contributed by atoms with Gasteiger partial charge in [0.15, 0.2) is 0 Å². The Bertz CT molecular complexity index is 739. The molecule has 0 amide bonds. The summed E-state index contributed by atoms with van der Waals surface area (Å²) in [6, 6.07) is 4.20. The van der Waals surface area contributed by atoms with Crippen LogP contribution in [0.15, 0.2) is 18.5 Å². The Kier molecular flexibility index (Phi) is 5.03. The quantitative estimate of drug-likeness (QED) is 0.884. The first kappa shape index (κ1) is 16.7. The average molecular weight is 327 g/mol. The van der Waals surface area contributed by atoms with Crippen LogP contribution in [0.2, 0.25) is 0 Å². The SMILES string of the molecule is CCn1cc([C@H]2OCC[C@H]2CNCc2cc(C#N)n(C)c2C)cn1. The predicted molar refractivity (Wildman–Crippen MR) is 91.3 cm³/mol. The summed E-state index contributed by atoms with van der Waals surface area (Å²) in [5.41, 5.74) is 4.20. The van der Waals surface area contributed by atoms with E-state index in [2.05, 4.69) is 36.5 Å². The molecular formula is C18H25N5O. The monoisotopic (exact) mass is 327 g/mol. The van der Waals surface area contributed by atoms with Gasteiger partial charge in [0, 0.05) is 56.7 Å². The highest BCUT2D eigenvalue weighted by Crippen LogP contribution is 2.33. The number of aryl methyl sites for hydroxylation is 1. The van der Waals surface area contributed by atoms with Gasteiger partial charge in [-0.15, -0.1) is 0 Å². The van der Waals surface area contributed by atoms with E-state index < -0.39 is 0 Å². The van der Waals surface area contributed by atoms with Gasteiger partial charge in [-0.3, -0.25) is 4.68 Å². The molecule has 6 nitrogen and oxygen atoms in total. The molecule has 2 aromatic heterocycles. The Labute approximate surface area is 143 Å². The van der Waals surface area contributed by atoms with Gasteiger partial charge in [-0.25, -0.2) is 0 Å². The van der Waals surface area contributed by atoms with E-state index >= 15 is 0 Å². The molecule has 3 rings (SSSR count). The van der Waals surface area contributed by atoms with Gasteiger partial charge in [0.25, 0.3) is 0 Å². The molecule has 2 atom stereocenters. The number of nitrogens with zero attached hydrogens (tertiary/aromatic N) is 4. The summed E-state index contributed by atoms with van der Waals surface area (Å²) in [7, 11) is 1.93. The summed E-state index contributed by atoms with van der Waals surface area (Å²) < 4.78 is 9.82. The van der Waals surface area contributed by atoms with E-state index in [0.717, 1.165) is 38.4 Å². The molecule has 1 aliphatic heterocycles. The lowest BCUT2D eigenvalue weighted by molar-refractivity contribution is 0.0904. The van der Waals surface area contributed by atoms with E-state index in [1.807, 2.05) is 28.6 Å². The van der Waals surface area contributed by atoms with Gasteiger partial charge in [0.05, 0.1) is 12.3 Å². The number of nitrogens with one attached hydrogen (secondary N) is 1. The molecule has 1 aliphatic rings. The summed E-state index contributed by atoms with van der Waals surface area (Å²) in [6.45, 7) is 7.50. The second kappa shape index (κ2) is 7.20. The fourth-order valence-electron chi connectivity index (χ4n) is 3.35. The predicted octanol–water partition coefficient (Wildman–Crippen LogP) is 2.29. The molecule has 0 aromatic carbocycles. The van der Waals surface area contributed by atoms with Crippen LogP contribution in [0.4, 0.5) is 0 Å². The van der Waals surface area contributed by atoms with E-state index in [-0.39, 0.29) is 6.10 Å². The Balaban J connectivity index is 1.59. The average Bonchev–Trinajstić information content (AvgIpc) is 3.29. The lowest BCUT2D eigenvalue weighted by Gasteiger charge is -2.18. The minimum Gasteiger partial charge on any atom is -0.373 e. The normalized spacial score (nSPS) is 20.4. The molecule has 128 valence electrons. The van der Waals surface area contributed by atoms with Crippen LogP contribution >= 0.6 is 0 Å². The highest BCUT2D eigenvalue weighted by atomic mass is 16.5. The third-order valence-corrected chi connectivity index (χ3v) is 5.00. The number of rotatable bonds is 6. The maximum absolute atomic E-state index is 9.12. The van der Waals surface area contributed by atoms with Crippen LogP contribution in [0.1, 0.15) is 42.0 Å². The highest BCUT2D eigenvalue weighted by Gasteiger charge is 2.30. The maximum Gasteiger partial charge on any atom is 0.120 e. The Morgan fingerprint density at radius 2 is 2.33 bits per heavy atom. The Morgan fingerprint density at radius 3 is 3.00 bits per heavy atom. The van der Waals surface area contributed by atoms with Crippen molar-refractivity contribution < 1.29 is 4.74 Å². The zero-order valence-electron chi connectivity index (χ0n) is 14.6. The molecule has 1 N–H and O–H groups in total. The number of aromatic nitrogens is 3. The lowest BCUT2D eigenvalue weighted by Crippen LogP contribution is -2.24. The number of ether oxygens (including phenoxy) is 1. The number of hydrogen-bond donors (Lipinski definition) is 1. The first-order valence-electron chi connectivity index (χ1n) is 8.54. The van der Waals surface area contributed by atoms with Crippen molar-refractivity contribution in [3.05, 3.63) is 41.0 Å². The highest BCUT2D eigenvalue weighted by molar-refractivity contribution is 5.34. The van der Waals surface area contributed by atoms with Crippen molar-refractivity contribution in [1.29, 1.82) is 5.26 Å². The van der Waals surface area contributed by atoms with E-state index in [0.29, 0.717) is 11.6 Å². The first-order valence-corrected chi connectivity index (χ1v) is 8.54. The zero-order valence-corrected chi connectivity index (χ0v) is 14.6. The van der Waals surface area contributed by atoms with Crippen molar-refractivity contribution in [3.8, 4) is 6.07 Å². The zero-order chi connectivity index (χ0) is 17.1. The van der Waals surface area contributed by atoms with Crippen LogP contribution in [0, 0.1) is 24.2 Å². The topological polar surface area (TPSA) is 67.8 Å². The van der Waals surface area contributed by atoms with Crippen LogP contribution in [0.5, 0.6) is 0 Å². The molecule has 2 aromatic rings. The smallest absolute Gasteiger partial charge is 0.120 e. The van der Waals surface area contributed by atoms with E-state index in [9.17, 15) is 0 Å². The molecular weight excluding hydrogens is 302 g/mol. The van der Waals surface area contributed by atoms with Crippen molar-refractivity contribution in [3.63, 3.8) is 0 Å². The molecule has 6 heteroatoms. The molecule has 1 saturated heterocycles. The molecule has 0 radical (unpaired) electrons. The molecule has 1 fully saturated rings. The lowest BCUT2D eigenvalue weighted by atomic mass is 9.97. The van der Waals surface area contributed by atoms with E-state index in [1.54, 1.807) is 0 Å². The van der Waals surface area contributed by atoms with Gasteiger partial charge in [0.1, 0.15) is 11.8 Å². The summed E-state index contributed by atoms with van der Waals surface area (Å²) in [5.74, 6) is 0.457. The first-order chi connectivity index (χ1) is 11.6. The third kappa shape index (κ3) is 3.23. The fourth-order valence-corrected chi connectivity index (χ4v) is 3.35. The summed E-state index contributed by atoms with van der Waals surface area (Å²) in [5, 5.41) is 17.0. The maximum atomic E-state index is 9.12. The van der Waals surface area contributed by atoms with Crippen molar-refractivity contribution >= 4 is 0 Å². The van der Waals surface area contributed by atoms with Gasteiger partial charge in [-0.1, -0.05) is 0 Å². The van der Waals surface area contributed by atoms with Crippen LogP contribution in [-0.4, -0.2) is 27.5 Å². The Morgan fingerprint density at radius 1 is 1.50 bits per heavy atom. The fraction of sp³-hybridized carbons (Fsp3) is 0.556. The van der Waals surface area contributed by atoms with Crippen molar-refractivity contribution in [1.82, 2.24) is 19.7 Å². The molecule has 24 heavy (non-hydrogen) atoms. The Hall–Kier alpha value is -2.10. The second-order valence-electron chi connectivity index (χ2n) is 6.41. The molecule has 3 heterocycles. The molecule has 0 saturated carbocycles. The standard InChI is InChI=1S/C18H25N5O/c1-4-23-12-16(11-21-23)18-14(5-6-24-18)9-20-10-15-7-17(8-19)22(3)13(15)2/h7,11-12,14,18,20H,4-6,9-10H2,1-3H3/t14-,18-/m0/s1.